The number of amides is 1. The van der Waals surface area contributed by atoms with Gasteiger partial charge >= 0.3 is 0 Å². The number of benzene rings is 1. The van der Waals surface area contributed by atoms with E-state index in [1.807, 2.05) is 26.0 Å². The molecule has 0 radical (unpaired) electrons. The molecule has 1 aliphatic carbocycles. The molecular formula is C34H40FN11O3. The third kappa shape index (κ3) is 6.97. The topological polar surface area (TPSA) is 150 Å². The molecule has 4 aliphatic rings. The van der Waals surface area contributed by atoms with Crippen LogP contribution >= 0.6 is 0 Å². The van der Waals surface area contributed by atoms with Gasteiger partial charge in [0.05, 0.1) is 37.6 Å². The number of piperazine rings is 1. The second-order valence-electron chi connectivity index (χ2n) is 13.7. The number of aromatic nitrogens is 6. The maximum atomic E-state index is 15.7. The predicted octanol–water partition coefficient (Wildman–Crippen LogP) is 2.99. The van der Waals surface area contributed by atoms with Crippen molar-refractivity contribution in [3.63, 3.8) is 0 Å². The molecule has 7 rings (SSSR count). The number of piperidine rings is 1. The number of hydrogen-bond acceptors (Lipinski definition) is 12. The number of rotatable bonds is 8. The molecule has 1 N–H and O–H groups in total. The molecule has 15 heteroatoms. The van der Waals surface area contributed by atoms with Crippen LogP contribution in [-0.4, -0.2) is 116 Å². The molecule has 0 saturated carbocycles. The van der Waals surface area contributed by atoms with Crippen LogP contribution in [0.5, 0.6) is 0 Å². The minimum Gasteiger partial charge on any atom is -0.486 e. The van der Waals surface area contributed by atoms with E-state index in [4.69, 9.17) is 9.47 Å². The van der Waals surface area contributed by atoms with Crippen LogP contribution in [0.1, 0.15) is 42.5 Å². The Balaban J connectivity index is 0.965. The lowest BCUT2D eigenvalue weighted by Gasteiger charge is -2.45. The van der Waals surface area contributed by atoms with E-state index < -0.39 is 17.7 Å². The summed E-state index contributed by atoms with van der Waals surface area (Å²) in [4.78, 5) is 32.7. The first kappa shape index (κ1) is 32.6. The van der Waals surface area contributed by atoms with Gasteiger partial charge in [0.25, 0.3) is 5.91 Å². The van der Waals surface area contributed by atoms with Crippen molar-refractivity contribution in [3.8, 4) is 6.07 Å². The smallest absolute Gasteiger partial charge is 0.276 e. The largest absolute Gasteiger partial charge is 0.486 e. The summed E-state index contributed by atoms with van der Waals surface area (Å²) in [6.07, 6.45) is 4.62. The number of anilines is 3. The van der Waals surface area contributed by atoms with Crippen molar-refractivity contribution in [2.75, 3.05) is 62.7 Å². The van der Waals surface area contributed by atoms with E-state index in [0.29, 0.717) is 30.0 Å². The van der Waals surface area contributed by atoms with Gasteiger partial charge in [-0.15, -0.1) is 5.10 Å². The summed E-state index contributed by atoms with van der Waals surface area (Å²) in [5.74, 6) is 0.549. The molecule has 3 aliphatic heterocycles. The van der Waals surface area contributed by atoms with Gasteiger partial charge in [0.1, 0.15) is 30.1 Å². The van der Waals surface area contributed by atoms with Crippen LogP contribution in [0.15, 0.2) is 60.3 Å². The number of ether oxygens (including phenoxy) is 2. The fourth-order valence-corrected chi connectivity index (χ4v) is 6.87. The highest BCUT2D eigenvalue weighted by Gasteiger charge is 2.47. The predicted molar refractivity (Wildman–Crippen MR) is 178 cm³/mol. The third-order valence-corrected chi connectivity index (χ3v) is 9.63. The van der Waals surface area contributed by atoms with Crippen molar-refractivity contribution in [2.45, 2.75) is 44.5 Å². The molecule has 1 unspecified atom stereocenters. The highest BCUT2D eigenvalue weighted by atomic mass is 19.1. The van der Waals surface area contributed by atoms with Gasteiger partial charge in [0, 0.05) is 62.5 Å². The van der Waals surface area contributed by atoms with Gasteiger partial charge < -0.3 is 24.6 Å². The Morgan fingerprint density at radius 2 is 1.92 bits per heavy atom. The molecule has 14 nitrogen and oxygen atoms in total. The summed E-state index contributed by atoms with van der Waals surface area (Å²) >= 11 is 0. The fourth-order valence-electron chi connectivity index (χ4n) is 6.87. The molecule has 256 valence electrons. The number of nitriles is 1. The average Bonchev–Trinajstić information content (AvgIpc) is 3.52. The van der Waals surface area contributed by atoms with Crippen LogP contribution in [0.25, 0.3) is 0 Å². The maximum Gasteiger partial charge on any atom is 0.276 e. The van der Waals surface area contributed by atoms with Gasteiger partial charge in [0.15, 0.2) is 11.9 Å². The minimum atomic E-state index is -1.48. The van der Waals surface area contributed by atoms with E-state index in [0.717, 1.165) is 45.1 Å². The maximum absolute atomic E-state index is 15.7. The molecule has 3 fully saturated rings. The number of alkyl halides is 1. The van der Waals surface area contributed by atoms with Gasteiger partial charge in [-0.05, 0) is 36.8 Å². The van der Waals surface area contributed by atoms with Crippen LogP contribution in [-0.2, 0) is 16.5 Å². The van der Waals surface area contributed by atoms with Crippen molar-refractivity contribution in [1.82, 2.24) is 39.7 Å². The van der Waals surface area contributed by atoms with E-state index in [-0.39, 0.29) is 36.2 Å². The summed E-state index contributed by atoms with van der Waals surface area (Å²) in [7, 11) is 1.67. The zero-order valence-electron chi connectivity index (χ0n) is 27.9. The Morgan fingerprint density at radius 1 is 1.14 bits per heavy atom. The quantitative estimate of drug-likeness (QED) is 0.376. The SMILES string of the molecule is Cn1cc(C(=O)N2C[C@@H](F)[C@@H](OC3=CCC(c4ncnc(Nc5ccc(N6CCN(C7COC7)CC6)cc5)n4)C=C3C#N)C(C)(C)C2)nn1. The number of halogens is 1. The fraction of sp³-hybridized carbons (Fsp3) is 0.500. The number of likely N-dealkylation sites (tertiary alicyclic amines) is 1. The van der Waals surface area contributed by atoms with E-state index in [1.54, 1.807) is 19.2 Å². The van der Waals surface area contributed by atoms with E-state index in [2.05, 4.69) is 58.6 Å². The second-order valence-corrected chi connectivity index (χ2v) is 13.7. The number of carbonyl (C=O) groups excluding carboxylic acids is 1. The van der Waals surface area contributed by atoms with E-state index in [1.165, 1.54) is 27.8 Å². The molecule has 0 bridgehead atoms. The molecule has 49 heavy (non-hydrogen) atoms. The highest BCUT2D eigenvalue weighted by Crippen LogP contribution is 2.38. The van der Waals surface area contributed by atoms with Crippen molar-refractivity contribution < 1.29 is 18.7 Å². The zero-order chi connectivity index (χ0) is 34.1. The van der Waals surface area contributed by atoms with Crippen LogP contribution in [0, 0.1) is 16.7 Å². The first-order valence-electron chi connectivity index (χ1n) is 16.6. The molecule has 5 heterocycles. The standard InChI is InChI=1S/C34H40FN11O3/c1-34(2)20-46(32(47)28-17-43(3)42-41-28)16-27(35)30(34)49-29-9-4-22(14-23(29)15-36)31-37-21-38-33(40-31)39-24-5-7-25(8-6-24)44-10-12-45(13-11-44)26-18-48-19-26/h5-9,14,17,21-22,26-27,30H,4,10-13,16,18-20H2,1-3H3,(H,37,38,39,40)/t22?,27-,30-/m1/s1. The van der Waals surface area contributed by atoms with Crippen molar-refractivity contribution in [2.24, 2.45) is 12.5 Å². The van der Waals surface area contributed by atoms with Gasteiger partial charge in [0.2, 0.25) is 5.95 Å². The van der Waals surface area contributed by atoms with Crippen molar-refractivity contribution in [1.29, 1.82) is 5.26 Å². The van der Waals surface area contributed by atoms with Crippen LogP contribution < -0.4 is 10.2 Å². The number of nitrogens with one attached hydrogen (secondary N) is 1. The third-order valence-electron chi connectivity index (χ3n) is 9.63. The number of nitrogens with zero attached hydrogens (tertiary/aromatic N) is 10. The van der Waals surface area contributed by atoms with Gasteiger partial charge in [-0.3, -0.25) is 14.4 Å². The molecule has 3 saturated heterocycles. The molecule has 3 atom stereocenters. The summed E-state index contributed by atoms with van der Waals surface area (Å²) in [6.45, 7) is 9.54. The lowest BCUT2D eigenvalue weighted by Crippen LogP contribution is -2.57. The Bertz CT molecular complexity index is 1770. The van der Waals surface area contributed by atoms with Gasteiger partial charge in [-0.1, -0.05) is 25.1 Å². The first-order chi connectivity index (χ1) is 23.7. The lowest BCUT2D eigenvalue weighted by molar-refractivity contribution is -0.0830. The molecule has 0 spiro atoms. The normalized spacial score (nSPS) is 24.3. The molecule has 1 amide bonds. The molecular weight excluding hydrogens is 629 g/mol. The number of hydrogen-bond donors (Lipinski definition) is 1. The molecule has 2 aromatic heterocycles. The Labute approximate surface area is 284 Å². The lowest BCUT2D eigenvalue weighted by atomic mass is 9.79. The van der Waals surface area contributed by atoms with E-state index in [9.17, 15) is 10.1 Å². The van der Waals surface area contributed by atoms with Crippen LogP contribution in [0.4, 0.5) is 21.7 Å². The highest BCUT2D eigenvalue weighted by molar-refractivity contribution is 5.92. The summed E-state index contributed by atoms with van der Waals surface area (Å²) in [6, 6.07) is 11.0. The molecule has 3 aromatic rings. The number of carbonyl (C=O) groups is 1. The monoisotopic (exact) mass is 669 g/mol. The van der Waals surface area contributed by atoms with Crippen LogP contribution in [0.3, 0.4) is 0 Å². The van der Waals surface area contributed by atoms with Crippen molar-refractivity contribution in [3.05, 3.63) is 71.8 Å². The zero-order valence-corrected chi connectivity index (χ0v) is 27.9. The average molecular weight is 670 g/mol. The summed E-state index contributed by atoms with van der Waals surface area (Å²) in [5.41, 5.74) is 1.73. The number of aryl methyl sites for hydroxylation is 1. The van der Waals surface area contributed by atoms with Crippen molar-refractivity contribution >= 4 is 23.2 Å². The van der Waals surface area contributed by atoms with Gasteiger partial charge in [-0.2, -0.15) is 10.2 Å². The minimum absolute atomic E-state index is 0.151. The van der Waals surface area contributed by atoms with Crippen LogP contribution in [0.2, 0.25) is 0 Å². The van der Waals surface area contributed by atoms with Gasteiger partial charge in [-0.25, -0.2) is 14.4 Å². The Kier molecular flexibility index (Phi) is 9.00. The summed E-state index contributed by atoms with van der Waals surface area (Å²) < 4.78 is 28.7. The summed E-state index contributed by atoms with van der Waals surface area (Å²) in [5, 5.41) is 21.0. The first-order valence-corrected chi connectivity index (χ1v) is 16.6. The number of allylic oxidation sites excluding steroid dienone is 3. The second kappa shape index (κ2) is 13.5. The Morgan fingerprint density at radius 3 is 2.57 bits per heavy atom. The Hall–Kier alpha value is -4.94. The molecule has 1 aromatic carbocycles. The van der Waals surface area contributed by atoms with E-state index >= 15 is 4.39 Å².